The van der Waals surface area contributed by atoms with Gasteiger partial charge in [-0.3, -0.25) is 0 Å². The van der Waals surface area contributed by atoms with Gasteiger partial charge in [0, 0.05) is 23.4 Å². The molecule has 0 bridgehead atoms. The van der Waals surface area contributed by atoms with Gasteiger partial charge in [-0.05, 0) is 59.6 Å². The zero-order chi connectivity index (χ0) is 18.2. The maximum absolute atomic E-state index is 12.9. The van der Waals surface area contributed by atoms with Crippen LogP contribution in [0.2, 0.25) is 0 Å². The lowest BCUT2D eigenvalue weighted by atomic mass is 9.92. The second kappa shape index (κ2) is 6.37. The van der Waals surface area contributed by atoms with Gasteiger partial charge in [-0.1, -0.05) is 23.4 Å². The third kappa shape index (κ3) is 3.81. The third-order valence-corrected chi connectivity index (χ3v) is 4.57. The summed E-state index contributed by atoms with van der Waals surface area (Å²) in [5.41, 5.74) is 1.63. The first kappa shape index (κ1) is 17.8. The number of hydrogen-bond acceptors (Lipinski definition) is 3. The molecule has 7 heteroatoms. The highest BCUT2D eigenvalue weighted by molar-refractivity contribution is 9.18. The van der Waals surface area contributed by atoms with Crippen molar-refractivity contribution >= 4 is 31.9 Å². The summed E-state index contributed by atoms with van der Waals surface area (Å²) in [5.74, 6) is 0. The zero-order valence-electron chi connectivity index (χ0n) is 13.6. The summed E-state index contributed by atoms with van der Waals surface area (Å²) < 4.78 is 39.4. The molecule has 0 amide bonds. The molecule has 0 aliphatic carbocycles. The van der Waals surface area contributed by atoms with Crippen LogP contribution >= 0.6 is 15.9 Å². The Morgan fingerprint density at radius 1 is 1.20 bits per heavy atom. The van der Waals surface area contributed by atoms with Crippen molar-refractivity contribution in [2.24, 2.45) is 5.16 Å². The molecule has 1 aliphatic rings. The molecule has 0 saturated heterocycles. The van der Waals surface area contributed by atoms with Crippen LogP contribution in [0.5, 0.6) is 0 Å². The SMILES string of the molecule is Cc1ccc(C2(C)CC(Br)=NO2)cc1Nc1cccc(C(F)(F)F)c1. The highest BCUT2D eigenvalue weighted by Gasteiger charge is 2.35. The van der Waals surface area contributed by atoms with E-state index in [9.17, 15) is 13.2 Å². The first-order valence-corrected chi connectivity index (χ1v) is 8.43. The molecule has 1 unspecified atom stereocenters. The van der Waals surface area contributed by atoms with Crippen molar-refractivity contribution in [3.8, 4) is 0 Å². The number of rotatable bonds is 3. The van der Waals surface area contributed by atoms with Crippen molar-refractivity contribution in [3.05, 3.63) is 59.2 Å². The van der Waals surface area contributed by atoms with Crippen molar-refractivity contribution < 1.29 is 18.0 Å². The number of alkyl halides is 3. The van der Waals surface area contributed by atoms with Crippen molar-refractivity contribution in [1.82, 2.24) is 0 Å². The van der Waals surface area contributed by atoms with Gasteiger partial charge in [0.1, 0.15) is 4.62 Å². The normalized spacial score (nSPS) is 20.2. The van der Waals surface area contributed by atoms with Crippen molar-refractivity contribution in [1.29, 1.82) is 0 Å². The summed E-state index contributed by atoms with van der Waals surface area (Å²) in [6.45, 7) is 3.81. The minimum Gasteiger partial charge on any atom is -0.383 e. The first-order valence-electron chi connectivity index (χ1n) is 7.63. The van der Waals surface area contributed by atoms with Crippen LogP contribution in [0.1, 0.15) is 30.0 Å². The van der Waals surface area contributed by atoms with Crippen molar-refractivity contribution in [2.75, 3.05) is 5.32 Å². The number of aryl methyl sites for hydroxylation is 1. The van der Waals surface area contributed by atoms with E-state index in [-0.39, 0.29) is 0 Å². The molecule has 0 aromatic heterocycles. The molecule has 1 aliphatic heterocycles. The van der Waals surface area contributed by atoms with Crippen LogP contribution in [0.15, 0.2) is 47.6 Å². The second-order valence-electron chi connectivity index (χ2n) is 6.20. The number of anilines is 2. The van der Waals surface area contributed by atoms with E-state index in [0.29, 0.717) is 12.1 Å². The van der Waals surface area contributed by atoms with Crippen LogP contribution in [0.4, 0.5) is 24.5 Å². The van der Waals surface area contributed by atoms with E-state index in [1.165, 1.54) is 6.07 Å². The molecule has 1 atom stereocenters. The highest BCUT2D eigenvalue weighted by Crippen LogP contribution is 2.38. The molecule has 3 rings (SSSR count). The quantitative estimate of drug-likeness (QED) is 0.660. The summed E-state index contributed by atoms with van der Waals surface area (Å²) >= 11 is 3.33. The second-order valence-corrected chi connectivity index (χ2v) is 7.12. The van der Waals surface area contributed by atoms with Crippen LogP contribution < -0.4 is 5.32 Å². The Bertz CT molecular complexity index is 835. The van der Waals surface area contributed by atoms with Gasteiger partial charge in [-0.2, -0.15) is 13.2 Å². The molecule has 132 valence electrons. The van der Waals surface area contributed by atoms with Crippen LogP contribution in [0.25, 0.3) is 0 Å². The fraction of sp³-hybridized carbons (Fsp3) is 0.278. The van der Waals surface area contributed by atoms with E-state index >= 15 is 0 Å². The monoisotopic (exact) mass is 412 g/mol. The molecule has 1 heterocycles. The van der Waals surface area contributed by atoms with Gasteiger partial charge >= 0.3 is 6.18 Å². The third-order valence-electron chi connectivity index (χ3n) is 4.15. The smallest absolute Gasteiger partial charge is 0.383 e. The molecule has 0 radical (unpaired) electrons. The van der Waals surface area contributed by atoms with Gasteiger partial charge in [-0.15, -0.1) is 0 Å². The molecule has 0 saturated carbocycles. The van der Waals surface area contributed by atoms with E-state index in [1.54, 1.807) is 6.07 Å². The largest absolute Gasteiger partial charge is 0.416 e. The Kier molecular flexibility index (Phi) is 4.53. The van der Waals surface area contributed by atoms with Gasteiger partial charge in [-0.25, -0.2) is 0 Å². The number of benzene rings is 2. The molecular weight excluding hydrogens is 397 g/mol. The number of oxime groups is 1. The lowest BCUT2D eigenvalue weighted by Crippen LogP contribution is -2.21. The molecule has 2 aromatic carbocycles. The molecule has 0 spiro atoms. The van der Waals surface area contributed by atoms with Gasteiger partial charge in [0.15, 0.2) is 5.60 Å². The minimum absolute atomic E-state index is 0.380. The molecule has 2 aromatic rings. The van der Waals surface area contributed by atoms with Crippen LogP contribution in [-0.2, 0) is 16.6 Å². The fourth-order valence-electron chi connectivity index (χ4n) is 2.66. The Balaban J connectivity index is 1.90. The fourth-order valence-corrected chi connectivity index (χ4v) is 3.27. The predicted octanol–water partition coefficient (Wildman–Crippen LogP) is 6.10. The predicted molar refractivity (Wildman–Crippen MR) is 95.3 cm³/mol. The maximum Gasteiger partial charge on any atom is 0.416 e. The number of halogens is 4. The van der Waals surface area contributed by atoms with E-state index in [2.05, 4.69) is 26.4 Å². The number of hydrogen-bond donors (Lipinski definition) is 1. The Morgan fingerprint density at radius 2 is 1.96 bits per heavy atom. The van der Waals surface area contributed by atoms with Gasteiger partial charge in [0.05, 0.1) is 5.56 Å². The summed E-state index contributed by atoms with van der Waals surface area (Å²) in [6.07, 6.45) is -3.78. The van der Waals surface area contributed by atoms with E-state index < -0.39 is 17.3 Å². The van der Waals surface area contributed by atoms with E-state index in [0.717, 1.165) is 33.6 Å². The summed E-state index contributed by atoms with van der Waals surface area (Å²) in [5, 5.41) is 7.00. The zero-order valence-corrected chi connectivity index (χ0v) is 15.2. The standard InChI is InChI=1S/C18H16BrF3N2O/c1-11-6-7-12(17(2)10-16(19)24-25-17)9-15(11)23-14-5-3-4-13(8-14)18(20,21)22/h3-9,23H,10H2,1-2H3. The Morgan fingerprint density at radius 3 is 2.60 bits per heavy atom. The van der Waals surface area contributed by atoms with E-state index in [4.69, 9.17) is 4.84 Å². The molecular formula is C18H16BrF3N2O. The molecule has 1 N–H and O–H groups in total. The Hall–Kier alpha value is -2.02. The van der Waals surface area contributed by atoms with Crippen molar-refractivity contribution in [2.45, 2.75) is 32.0 Å². The highest BCUT2D eigenvalue weighted by atomic mass is 79.9. The average Bonchev–Trinajstić information content (AvgIpc) is 2.89. The average molecular weight is 413 g/mol. The summed E-state index contributed by atoms with van der Waals surface area (Å²) in [7, 11) is 0. The number of nitrogens with zero attached hydrogens (tertiary/aromatic N) is 1. The molecule has 3 nitrogen and oxygen atoms in total. The summed E-state index contributed by atoms with van der Waals surface area (Å²) in [6, 6.07) is 10.9. The lowest BCUT2D eigenvalue weighted by Gasteiger charge is -2.23. The number of nitrogens with one attached hydrogen (secondary N) is 1. The van der Waals surface area contributed by atoms with Crippen molar-refractivity contribution in [3.63, 3.8) is 0 Å². The van der Waals surface area contributed by atoms with Crippen LogP contribution in [0.3, 0.4) is 0 Å². The Labute approximate surface area is 152 Å². The molecule has 25 heavy (non-hydrogen) atoms. The maximum atomic E-state index is 12.9. The van der Waals surface area contributed by atoms with Crippen LogP contribution in [0, 0.1) is 6.92 Å². The summed E-state index contributed by atoms with van der Waals surface area (Å²) in [4.78, 5) is 5.51. The van der Waals surface area contributed by atoms with Crippen LogP contribution in [-0.4, -0.2) is 4.62 Å². The first-order chi connectivity index (χ1) is 11.7. The molecule has 0 fully saturated rings. The lowest BCUT2D eigenvalue weighted by molar-refractivity contribution is -0.137. The van der Waals surface area contributed by atoms with Gasteiger partial charge in [0.2, 0.25) is 0 Å². The van der Waals surface area contributed by atoms with Gasteiger partial charge < -0.3 is 10.2 Å². The van der Waals surface area contributed by atoms with Gasteiger partial charge in [0.25, 0.3) is 0 Å². The van der Waals surface area contributed by atoms with E-state index in [1.807, 2.05) is 32.0 Å². The minimum atomic E-state index is -4.37. The topological polar surface area (TPSA) is 33.6 Å².